The van der Waals surface area contributed by atoms with Crippen molar-refractivity contribution in [2.75, 3.05) is 25.1 Å². The molecule has 7 nitrogen and oxygen atoms in total. The van der Waals surface area contributed by atoms with Gasteiger partial charge in [0, 0.05) is 30.3 Å². The van der Waals surface area contributed by atoms with Gasteiger partial charge in [-0.1, -0.05) is 42.2 Å². The molecule has 10 heteroatoms. The van der Waals surface area contributed by atoms with E-state index in [4.69, 9.17) is 21.3 Å². The molecule has 1 saturated carbocycles. The minimum absolute atomic E-state index is 0.0259. The number of halogens is 1. The molecule has 0 radical (unpaired) electrons. The fourth-order valence-electron chi connectivity index (χ4n) is 5.18. The van der Waals surface area contributed by atoms with Gasteiger partial charge in [0.25, 0.3) is 5.91 Å². The molecule has 37 heavy (non-hydrogen) atoms. The lowest BCUT2D eigenvalue weighted by atomic mass is 9.96. The summed E-state index contributed by atoms with van der Waals surface area (Å²) in [6.07, 6.45) is 6.81. The maximum Gasteiger partial charge on any atom is 0.260 e. The molecular weight excluding hydrogens is 530 g/mol. The fourth-order valence-corrected chi connectivity index (χ4v) is 7.78. The van der Waals surface area contributed by atoms with E-state index in [9.17, 15) is 13.2 Å². The smallest absolute Gasteiger partial charge is 0.260 e. The summed E-state index contributed by atoms with van der Waals surface area (Å²) in [5.74, 6) is -0.233. The molecule has 1 unspecified atom stereocenters. The van der Waals surface area contributed by atoms with Gasteiger partial charge in [-0.25, -0.2) is 13.4 Å². The Morgan fingerprint density at radius 2 is 1.81 bits per heavy atom. The van der Waals surface area contributed by atoms with Crippen LogP contribution in [-0.4, -0.2) is 56.0 Å². The summed E-state index contributed by atoms with van der Waals surface area (Å²) in [5, 5.41) is 1.21. The molecule has 3 aromatic rings. The second-order valence-electron chi connectivity index (χ2n) is 9.90. The van der Waals surface area contributed by atoms with Gasteiger partial charge in [0.15, 0.2) is 5.13 Å². The number of hydrogen-bond acceptors (Lipinski definition) is 6. The zero-order valence-electron chi connectivity index (χ0n) is 21.2. The predicted molar refractivity (Wildman–Crippen MR) is 148 cm³/mol. The number of rotatable bonds is 7. The summed E-state index contributed by atoms with van der Waals surface area (Å²) < 4.78 is 34.8. The number of aromatic nitrogens is 1. The number of anilines is 1. The Kier molecular flexibility index (Phi) is 7.88. The van der Waals surface area contributed by atoms with E-state index in [1.807, 2.05) is 19.1 Å². The number of thiazole rings is 1. The van der Waals surface area contributed by atoms with Gasteiger partial charge in [0.1, 0.15) is 0 Å². The zero-order chi connectivity index (χ0) is 26.2. The van der Waals surface area contributed by atoms with Crippen molar-refractivity contribution in [2.45, 2.75) is 68.9 Å². The van der Waals surface area contributed by atoms with E-state index < -0.39 is 10.0 Å². The maximum atomic E-state index is 13.8. The van der Waals surface area contributed by atoms with Crippen molar-refractivity contribution < 1.29 is 17.9 Å². The van der Waals surface area contributed by atoms with E-state index in [1.54, 1.807) is 24.1 Å². The van der Waals surface area contributed by atoms with Crippen molar-refractivity contribution >= 4 is 54.2 Å². The molecule has 1 amide bonds. The average Bonchev–Trinajstić information content (AvgIpc) is 3.59. The lowest BCUT2D eigenvalue weighted by molar-refractivity contribution is 0.0917. The van der Waals surface area contributed by atoms with Gasteiger partial charge in [-0.3, -0.25) is 9.69 Å². The maximum absolute atomic E-state index is 13.8. The number of sulfonamides is 1. The number of nitrogens with zero attached hydrogens (tertiary/aromatic N) is 3. The van der Waals surface area contributed by atoms with Crippen molar-refractivity contribution in [1.82, 2.24) is 9.29 Å². The molecule has 1 saturated heterocycles. The van der Waals surface area contributed by atoms with Crippen LogP contribution in [0.2, 0.25) is 5.02 Å². The largest absolute Gasteiger partial charge is 0.376 e. The molecule has 0 spiro atoms. The number of hydrogen-bond donors (Lipinski definition) is 0. The van der Waals surface area contributed by atoms with Crippen molar-refractivity contribution in [3.05, 3.63) is 52.5 Å². The van der Waals surface area contributed by atoms with E-state index in [0.29, 0.717) is 28.9 Å². The van der Waals surface area contributed by atoms with Gasteiger partial charge in [0.05, 0.1) is 27.8 Å². The monoisotopic (exact) mass is 561 g/mol. The normalized spacial score (nSPS) is 19.1. The Morgan fingerprint density at radius 3 is 2.49 bits per heavy atom. The van der Waals surface area contributed by atoms with Crippen molar-refractivity contribution in [3.63, 3.8) is 0 Å². The van der Waals surface area contributed by atoms with Gasteiger partial charge in [-0.05, 0) is 74.6 Å². The molecule has 2 heterocycles. The third kappa shape index (κ3) is 5.43. The third-order valence-corrected chi connectivity index (χ3v) is 10.9. The van der Waals surface area contributed by atoms with Gasteiger partial charge >= 0.3 is 0 Å². The number of benzene rings is 2. The molecular formula is C27H32ClN3O4S2. The SMILES string of the molecule is Cc1c(Cl)ccc2sc(N(CC3CCCO3)C(=O)c3ccc(S(=O)(=O)N(C)C4CCCCC4)cc3)nc12. The van der Waals surface area contributed by atoms with Crippen LogP contribution in [0.5, 0.6) is 0 Å². The first-order chi connectivity index (χ1) is 17.8. The van der Waals surface area contributed by atoms with E-state index in [2.05, 4.69) is 0 Å². The minimum atomic E-state index is -3.63. The number of ether oxygens (including phenoxy) is 1. The van der Waals surface area contributed by atoms with E-state index in [-0.39, 0.29) is 22.9 Å². The summed E-state index contributed by atoms with van der Waals surface area (Å²) in [5.41, 5.74) is 2.07. The molecule has 0 N–H and O–H groups in total. The van der Waals surface area contributed by atoms with Crippen LogP contribution in [0.15, 0.2) is 41.3 Å². The van der Waals surface area contributed by atoms with Crippen LogP contribution in [0, 0.1) is 6.92 Å². The number of amides is 1. The first-order valence-electron chi connectivity index (χ1n) is 12.8. The Morgan fingerprint density at radius 1 is 1.08 bits per heavy atom. The number of carbonyl (C=O) groups excluding carboxylic acids is 1. The Bertz CT molecular complexity index is 1380. The highest BCUT2D eigenvalue weighted by Crippen LogP contribution is 2.35. The van der Waals surface area contributed by atoms with Crippen molar-refractivity contribution in [1.29, 1.82) is 0 Å². The summed E-state index contributed by atoms with van der Waals surface area (Å²) in [4.78, 5) is 20.4. The Hall–Kier alpha value is -2.04. The second kappa shape index (κ2) is 11.0. The zero-order valence-corrected chi connectivity index (χ0v) is 23.5. The summed E-state index contributed by atoms with van der Waals surface area (Å²) >= 11 is 7.75. The first kappa shape index (κ1) is 26.6. The van der Waals surface area contributed by atoms with E-state index in [0.717, 1.165) is 60.7 Å². The summed E-state index contributed by atoms with van der Waals surface area (Å²) in [7, 11) is -1.97. The lowest BCUT2D eigenvalue weighted by Crippen LogP contribution is -2.38. The molecule has 1 aliphatic heterocycles. The second-order valence-corrected chi connectivity index (χ2v) is 13.3. The van der Waals surface area contributed by atoms with Crippen LogP contribution in [0.3, 0.4) is 0 Å². The molecule has 2 fully saturated rings. The molecule has 1 aromatic heterocycles. The minimum Gasteiger partial charge on any atom is -0.376 e. The molecule has 1 aliphatic carbocycles. The van der Waals surface area contributed by atoms with E-state index >= 15 is 0 Å². The van der Waals surface area contributed by atoms with Gasteiger partial charge in [0.2, 0.25) is 10.0 Å². The number of fused-ring (bicyclic) bond motifs is 1. The van der Waals surface area contributed by atoms with Gasteiger partial charge in [-0.2, -0.15) is 4.31 Å². The van der Waals surface area contributed by atoms with Crippen LogP contribution in [-0.2, 0) is 14.8 Å². The number of aryl methyl sites for hydroxylation is 1. The van der Waals surface area contributed by atoms with Crippen LogP contribution >= 0.6 is 22.9 Å². The highest BCUT2D eigenvalue weighted by molar-refractivity contribution is 7.89. The Labute approximate surface area is 227 Å². The molecule has 5 rings (SSSR count). The van der Waals surface area contributed by atoms with Gasteiger partial charge in [-0.15, -0.1) is 0 Å². The van der Waals surface area contributed by atoms with Gasteiger partial charge < -0.3 is 4.74 Å². The molecule has 1 atom stereocenters. The van der Waals surface area contributed by atoms with Crippen LogP contribution in [0.25, 0.3) is 10.2 Å². The fraction of sp³-hybridized carbons (Fsp3) is 0.481. The highest BCUT2D eigenvalue weighted by atomic mass is 35.5. The highest BCUT2D eigenvalue weighted by Gasteiger charge is 2.31. The summed E-state index contributed by atoms with van der Waals surface area (Å²) in [6.45, 7) is 2.99. The van der Waals surface area contributed by atoms with Crippen molar-refractivity contribution in [3.8, 4) is 0 Å². The number of carbonyl (C=O) groups is 1. The topological polar surface area (TPSA) is 79.8 Å². The Balaban J connectivity index is 1.43. The molecule has 198 valence electrons. The van der Waals surface area contributed by atoms with Crippen LogP contribution < -0.4 is 4.90 Å². The molecule has 0 bridgehead atoms. The average molecular weight is 562 g/mol. The first-order valence-corrected chi connectivity index (χ1v) is 15.5. The standard InChI is InChI=1S/C27H32ClN3O4S2/c1-18-23(28)14-15-24-25(18)29-27(36-24)31(17-21-9-6-16-35-21)26(32)19-10-12-22(13-11-19)37(33,34)30(2)20-7-4-3-5-8-20/h10-15,20-21H,3-9,16-17H2,1-2H3. The predicted octanol–water partition coefficient (Wildman–Crippen LogP) is 6.04. The van der Waals surface area contributed by atoms with E-state index in [1.165, 1.54) is 27.8 Å². The van der Waals surface area contributed by atoms with Crippen LogP contribution in [0.4, 0.5) is 5.13 Å². The molecule has 2 aliphatic rings. The third-order valence-electron chi connectivity index (χ3n) is 7.49. The lowest BCUT2D eigenvalue weighted by Gasteiger charge is -2.30. The summed E-state index contributed by atoms with van der Waals surface area (Å²) in [6, 6.07) is 10.1. The van der Waals surface area contributed by atoms with Crippen molar-refractivity contribution in [2.24, 2.45) is 0 Å². The van der Waals surface area contributed by atoms with Crippen LogP contribution in [0.1, 0.15) is 60.9 Å². The molecule has 2 aromatic carbocycles. The quantitative estimate of drug-likeness (QED) is 0.351.